The Morgan fingerprint density at radius 1 is 1.50 bits per heavy atom. The average Bonchev–Trinajstić information content (AvgIpc) is 2.01. The molecular formula is C12H21N2+. The van der Waals surface area contributed by atoms with E-state index in [9.17, 15) is 0 Å². The smallest absolute Gasteiger partial charge is 0.181 e. The third kappa shape index (κ3) is 3.86. The first kappa shape index (κ1) is 11.2. The molecule has 1 heterocycles. The van der Waals surface area contributed by atoms with E-state index < -0.39 is 0 Å². The minimum Gasteiger partial charge on any atom is -0.256 e. The van der Waals surface area contributed by atoms with E-state index in [-0.39, 0.29) is 0 Å². The van der Waals surface area contributed by atoms with Crippen LogP contribution in [0.4, 0.5) is 0 Å². The molecular weight excluding hydrogens is 172 g/mol. The molecule has 14 heavy (non-hydrogen) atoms. The van der Waals surface area contributed by atoms with E-state index in [1.165, 1.54) is 12.8 Å². The topological polar surface area (TPSA) is 15.4 Å². The zero-order valence-electron chi connectivity index (χ0n) is 9.58. The molecule has 0 spiro atoms. The van der Waals surface area contributed by atoms with Gasteiger partial charge in [0.1, 0.15) is 13.6 Å². The molecule has 1 aliphatic heterocycles. The maximum atomic E-state index is 4.31. The van der Waals surface area contributed by atoms with E-state index in [4.69, 9.17) is 0 Å². The summed E-state index contributed by atoms with van der Waals surface area (Å²) in [5, 5.41) is 0. The van der Waals surface area contributed by atoms with Crippen molar-refractivity contribution in [2.24, 2.45) is 10.4 Å². The second-order valence-corrected chi connectivity index (χ2v) is 4.92. The quantitative estimate of drug-likeness (QED) is 0.525. The lowest BCUT2D eigenvalue weighted by Gasteiger charge is -2.24. The second-order valence-electron chi connectivity index (χ2n) is 4.92. The van der Waals surface area contributed by atoms with E-state index >= 15 is 0 Å². The van der Waals surface area contributed by atoms with E-state index in [0.29, 0.717) is 5.41 Å². The Labute approximate surface area is 87.1 Å². The van der Waals surface area contributed by atoms with Crippen molar-refractivity contribution < 1.29 is 4.58 Å². The molecule has 2 nitrogen and oxygen atoms in total. The minimum atomic E-state index is 0.340. The van der Waals surface area contributed by atoms with Crippen LogP contribution in [-0.2, 0) is 0 Å². The number of hydrogen-bond donors (Lipinski definition) is 0. The monoisotopic (exact) mass is 193 g/mol. The molecule has 0 aromatic heterocycles. The first-order valence-corrected chi connectivity index (χ1v) is 5.25. The van der Waals surface area contributed by atoms with Gasteiger partial charge in [0, 0.05) is 12.1 Å². The first-order chi connectivity index (χ1) is 6.49. The van der Waals surface area contributed by atoms with Crippen LogP contribution in [0, 0.1) is 5.41 Å². The van der Waals surface area contributed by atoms with Crippen molar-refractivity contribution in [3.05, 3.63) is 12.3 Å². The van der Waals surface area contributed by atoms with Gasteiger partial charge in [-0.25, -0.2) is 4.58 Å². The lowest BCUT2D eigenvalue weighted by molar-refractivity contribution is -0.491. The van der Waals surface area contributed by atoms with Gasteiger partial charge >= 0.3 is 0 Å². The van der Waals surface area contributed by atoms with Crippen molar-refractivity contribution in [3.63, 3.8) is 0 Å². The zero-order chi connectivity index (χ0) is 10.6. The summed E-state index contributed by atoms with van der Waals surface area (Å²) in [6.07, 6.45) is 7.34. The number of aliphatic imine (C=N–C) groups is 1. The standard InChI is InChI=1S/C12H21N2/c1-11-10-12(2,3)6-5-8-14(4)9-7-13-11/h7,9H,1,5-6,8,10H2,2-4H3/q+1. The summed E-state index contributed by atoms with van der Waals surface area (Å²) in [7, 11) is 2.09. The highest BCUT2D eigenvalue weighted by atomic mass is 15.0. The van der Waals surface area contributed by atoms with Crippen molar-refractivity contribution in [2.75, 3.05) is 13.6 Å². The Kier molecular flexibility index (Phi) is 3.62. The van der Waals surface area contributed by atoms with Gasteiger partial charge in [-0.15, -0.1) is 0 Å². The summed E-state index contributed by atoms with van der Waals surface area (Å²) in [5.41, 5.74) is 1.33. The molecule has 2 heteroatoms. The SMILES string of the molecule is C=C1CC(C)(C)CCC[N+](C)=CC=N1. The van der Waals surface area contributed by atoms with E-state index in [0.717, 1.165) is 18.7 Å². The van der Waals surface area contributed by atoms with Crippen molar-refractivity contribution in [1.29, 1.82) is 0 Å². The Morgan fingerprint density at radius 2 is 2.21 bits per heavy atom. The highest BCUT2D eigenvalue weighted by Gasteiger charge is 2.19. The van der Waals surface area contributed by atoms with Gasteiger partial charge in [-0.3, -0.25) is 4.99 Å². The van der Waals surface area contributed by atoms with Gasteiger partial charge in [0.15, 0.2) is 6.21 Å². The van der Waals surface area contributed by atoms with Crippen LogP contribution >= 0.6 is 0 Å². The lowest BCUT2D eigenvalue weighted by Crippen LogP contribution is -2.17. The van der Waals surface area contributed by atoms with Crippen LogP contribution in [0.3, 0.4) is 0 Å². The predicted octanol–water partition coefficient (Wildman–Crippen LogP) is 2.49. The van der Waals surface area contributed by atoms with Crippen molar-refractivity contribution in [3.8, 4) is 0 Å². The summed E-state index contributed by atoms with van der Waals surface area (Å²) in [4.78, 5) is 4.31. The molecule has 0 atom stereocenters. The normalized spacial score (nSPS) is 23.1. The summed E-state index contributed by atoms with van der Waals surface area (Å²) >= 11 is 0. The van der Waals surface area contributed by atoms with Gasteiger partial charge in [-0.2, -0.15) is 0 Å². The summed E-state index contributed by atoms with van der Waals surface area (Å²) in [6, 6.07) is 0. The van der Waals surface area contributed by atoms with Gasteiger partial charge in [-0.1, -0.05) is 20.4 Å². The summed E-state index contributed by atoms with van der Waals surface area (Å²) < 4.78 is 2.18. The van der Waals surface area contributed by atoms with Crippen LogP contribution < -0.4 is 0 Å². The third-order valence-corrected chi connectivity index (χ3v) is 2.63. The Balaban J connectivity index is 2.74. The Bertz CT molecular complexity index is 272. The van der Waals surface area contributed by atoms with Crippen molar-refractivity contribution in [1.82, 2.24) is 0 Å². The van der Waals surface area contributed by atoms with Gasteiger partial charge in [-0.05, 0) is 18.3 Å². The van der Waals surface area contributed by atoms with Crippen LogP contribution in [-0.4, -0.2) is 30.6 Å². The van der Waals surface area contributed by atoms with Crippen molar-refractivity contribution >= 4 is 12.4 Å². The number of hydrogen-bond acceptors (Lipinski definition) is 1. The van der Waals surface area contributed by atoms with Crippen LogP contribution in [0.5, 0.6) is 0 Å². The van der Waals surface area contributed by atoms with Gasteiger partial charge in [0.05, 0.1) is 6.21 Å². The van der Waals surface area contributed by atoms with Crippen molar-refractivity contribution in [2.45, 2.75) is 33.1 Å². The average molecular weight is 193 g/mol. The van der Waals surface area contributed by atoms with Gasteiger partial charge in [0.2, 0.25) is 0 Å². The fourth-order valence-corrected chi connectivity index (χ4v) is 1.82. The molecule has 0 radical (unpaired) electrons. The molecule has 1 aliphatic rings. The molecule has 0 aromatic carbocycles. The van der Waals surface area contributed by atoms with Crippen LogP contribution in [0.1, 0.15) is 33.1 Å². The minimum absolute atomic E-state index is 0.340. The highest BCUT2D eigenvalue weighted by molar-refractivity contribution is 6.13. The molecule has 0 aliphatic carbocycles. The molecule has 0 amide bonds. The van der Waals surface area contributed by atoms with Crippen LogP contribution in [0.25, 0.3) is 0 Å². The maximum Gasteiger partial charge on any atom is 0.181 e. The third-order valence-electron chi connectivity index (χ3n) is 2.63. The molecule has 0 saturated carbocycles. The van der Waals surface area contributed by atoms with Crippen LogP contribution in [0.15, 0.2) is 17.3 Å². The van der Waals surface area contributed by atoms with E-state index in [2.05, 4.69) is 37.0 Å². The second kappa shape index (κ2) is 4.54. The lowest BCUT2D eigenvalue weighted by atomic mass is 9.83. The predicted molar refractivity (Wildman–Crippen MR) is 62.4 cm³/mol. The molecule has 0 N–H and O–H groups in total. The Hall–Kier alpha value is -0.920. The molecule has 0 unspecified atom stereocenters. The largest absolute Gasteiger partial charge is 0.256 e. The molecule has 78 valence electrons. The highest BCUT2D eigenvalue weighted by Crippen LogP contribution is 2.30. The van der Waals surface area contributed by atoms with Gasteiger partial charge < -0.3 is 0 Å². The maximum absolute atomic E-state index is 4.31. The zero-order valence-corrected chi connectivity index (χ0v) is 9.58. The van der Waals surface area contributed by atoms with E-state index in [1.807, 2.05) is 12.4 Å². The Morgan fingerprint density at radius 3 is 2.93 bits per heavy atom. The number of allylic oxidation sites excluding steroid dienone is 1. The van der Waals surface area contributed by atoms with Crippen LogP contribution in [0.2, 0.25) is 0 Å². The van der Waals surface area contributed by atoms with E-state index in [1.54, 1.807) is 0 Å². The molecule has 0 saturated heterocycles. The fourth-order valence-electron chi connectivity index (χ4n) is 1.82. The molecule has 1 rings (SSSR count). The first-order valence-electron chi connectivity index (χ1n) is 5.25. The molecule has 0 fully saturated rings. The fraction of sp³-hybridized carbons (Fsp3) is 0.667. The summed E-state index contributed by atoms with van der Waals surface area (Å²) in [5.74, 6) is 0. The molecule has 0 aromatic rings. The number of rotatable bonds is 0. The number of nitrogens with zero attached hydrogens (tertiary/aromatic N) is 2. The van der Waals surface area contributed by atoms with Gasteiger partial charge in [0.25, 0.3) is 0 Å². The summed E-state index contributed by atoms with van der Waals surface area (Å²) in [6.45, 7) is 9.67. The molecule has 0 bridgehead atoms.